The van der Waals surface area contributed by atoms with Gasteiger partial charge >= 0.3 is 7.87 Å². The monoisotopic (exact) mass is 180 g/mol. The summed E-state index contributed by atoms with van der Waals surface area (Å²) >= 11 is 0. The van der Waals surface area contributed by atoms with Crippen LogP contribution in [0, 0.1) is 0 Å². The van der Waals surface area contributed by atoms with E-state index in [1.807, 2.05) is 27.7 Å². The van der Waals surface area contributed by atoms with Crippen LogP contribution in [0.5, 0.6) is 0 Å². The van der Waals surface area contributed by atoms with E-state index < -0.39 is 7.87 Å². The highest BCUT2D eigenvalue weighted by molar-refractivity contribution is 7.61. The fourth-order valence-electron chi connectivity index (χ4n) is 1.47. The first kappa shape index (κ1) is 11.3. The van der Waals surface area contributed by atoms with Gasteiger partial charge in [0, 0.05) is 12.1 Å². The second-order valence-electron chi connectivity index (χ2n) is 3.44. The van der Waals surface area contributed by atoms with Crippen molar-refractivity contribution in [3.8, 4) is 0 Å². The van der Waals surface area contributed by atoms with Crippen LogP contribution in [0.2, 0.25) is 0 Å². The van der Waals surface area contributed by atoms with Crippen molar-refractivity contribution in [3.63, 3.8) is 0 Å². The predicted octanol–water partition coefficient (Wildman–Crippen LogP) is 1.48. The van der Waals surface area contributed by atoms with Gasteiger partial charge < -0.3 is 0 Å². The van der Waals surface area contributed by atoms with Gasteiger partial charge in [-0.05, 0) is 27.7 Å². The maximum atomic E-state index is 9.41. The Balaban J connectivity index is 4.35. The molecule has 0 spiro atoms. The van der Waals surface area contributed by atoms with Crippen LogP contribution in [-0.2, 0) is 0 Å². The van der Waals surface area contributed by atoms with E-state index in [9.17, 15) is 9.79 Å². The molecule has 11 heavy (non-hydrogen) atoms. The van der Waals surface area contributed by atoms with Gasteiger partial charge in [-0.15, -0.1) is 4.67 Å². The smallest absolute Gasteiger partial charge is 0.202 e. The van der Waals surface area contributed by atoms with Gasteiger partial charge in [0.25, 0.3) is 0 Å². The minimum atomic E-state index is -2.80. The van der Waals surface area contributed by atoms with Crippen LogP contribution in [0.3, 0.4) is 0 Å². The summed E-state index contributed by atoms with van der Waals surface area (Å²) in [6.07, 6.45) is 0. The minimum Gasteiger partial charge on any atom is -0.202 e. The van der Waals surface area contributed by atoms with E-state index in [1.54, 1.807) is 4.67 Å². The van der Waals surface area contributed by atoms with Crippen molar-refractivity contribution in [2.75, 3.05) is 6.66 Å². The van der Waals surface area contributed by atoms with Crippen molar-refractivity contribution in [3.05, 3.63) is 0 Å². The van der Waals surface area contributed by atoms with Gasteiger partial charge in [0.15, 0.2) is 0 Å². The quantitative estimate of drug-likeness (QED) is 0.646. The highest BCUT2D eigenvalue weighted by atomic mass is 31.2. The highest BCUT2D eigenvalue weighted by Gasteiger charge is 2.39. The van der Waals surface area contributed by atoms with E-state index in [1.165, 1.54) is 6.66 Å². The zero-order valence-corrected chi connectivity index (χ0v) is 8.84. The molecule has 0 amide bonds. The Morgan fingerprint density at radius 2 is 1.27 bits per heavy atom. The van der Waals surface area contributed by atoms with Crippen LogP contribution in [0.4, 0.5) is 0 Å². The first-order chi connectivity index (χ1) is 4.76. The predicted molar refractivity (Wildman–Crippen MR) is 49.4 cm³/mol. The lowest BCUT2D eigenvalue weighted by Gasteiger charge is -2.29. The fraction of sp³-hybridized carbons (Fsp3) is 1.00. The largest absolute Gasteiger partial charge is 0.339 e. The summed E-state index contributed by atoms with van der Waals surface area (Å²) in [7, 11) is -2.80. The molecule has 0 atom stereocenters. The second kappa shape index (κ2) is 3.81. The summed E-state index contributed by atoms with van der Waals surface area (Å²) in [5, 5.41) is 0. The molecule has 0 aromatic carbocycles. The zero-order chi connectivity index (χ0) is 9.23. The third kappa shape index (κ3) is 3.48. The van der Waals surface area contributed by atoms with Gasteiger partial charge in [-0.2, -0.15) is 0 Å². The van der Waals surface area contributed by atoms with Crippen LogP contribution >= 0.6 is 7.87 Å². The Hall–Kier alpha value is 0.310. The number of hydrogen-bond donors (Lipinski definition) is 2. The van der Waals surface area contributed by atoms with Crippen molar-refractivity contribution < 1.29 is 9.79 Å². The summed E-state index contributed by atoms with van der Waals surface area (Å²) in [6.45, 7) is 9.35. The van der Waals surface area contributed by atoms with Crippen LogP contribution in [0.25, 0.3) is 0 Å². The van der Waals surface area contributed by atoms with Gasteiger partial charge in [0.2, 0.25) is 0 Å². The van der Waals surface area contributed by atoms with E-state index in [0.717, 1.165) is 0 Å². The molecule has 0 heterocycles. The van der Waals surface area contributed by atoms with E-state index in [2.05, 4.69) is 0 Å². The lowest BCUT2D eigenvalue weighted by atomic mass is 10.3. The van der Waals surface area contributed by atoms with Gasteiger partial charge in [-0.25, -0.2) is 9.79 Å². The first-order valence-electron chi connectivity index (χ1n) is 3.87. The minimum absolute atomic E-state index is 0.184. The molecular formula is C7H19NO2P+. The molecule has 0 fully saturated rings. The van der Waals surface area contributed by atoms with E-state index in [0.29, 0.717) is 0 Å². The zero-order valence-electron chi connectivity index (χ0n) is 7.94. The first-order valence-corrected chi connectivity index (χ1v) is 5.97. The molecule has 0 unspecified atom stereocenters. The molecule has 0 radical (unpaired) electrons. The average molecular weight is 180 g/mol. The van der Waals surface area contributed by atoms with Crippen molar-refractivity contribution in [2.45, 2.75) is 39.8 Å². The normalized spacial score (nSPS) is 13.6. The third-order valence-electron chi connectivity index (χ3n) is 1.50. The standard InChI is InChI=1S/C7H19NO2P/c1-6(2)8(7(3)4)11(5,9)10/h6-7,9-10H,1-5H3/q+1. The lowest BCUT2D eigenvalue weighted by Crippen LogP contribution is -2.36. The SMILES string of the molecule is CC(C)N(C(C)C)[P+](C)(O)O. The topological polar surface area (TPSA) is 43.7 Å². The van der Waals surface area contributed by atoms with Gasteiger partial charge in [0.05, 0.1) is 0 Å². The molecule has 4 heteroatoms. The van der Waals surface area contributed by atoms with Crippen molar-refractivity contribution >= 4 is 7.87 Å². The van der Waals surface area contributed by atoms with Gasteiger partial charge in [-0.1, -0.05) is 0 Å². The molecule has 0 saturated heterocycles. The summed E-state index contributed by atoms with van der Waals surface area (Å²) < 4.78 is 1.74. The molecule has 0 aromatic rings. The van der Waals surface area contributed by atoms with Gasteiger partial charge in [0.1, 0.15) is 6.66 Å². The van der Waals surface area contributed by atoms with Crippen LogP contribution in [0.1, 0.15) is 27.7 Å². The Bertz CT molecular complexity index is 112. The molecule has 0 aliphatic heterocycles. The molecule has 3 nitrogen and oxygen atoms in total. The van der Waals surface area contributed by atoms with Crippen LogP contribution in [0.15, 0.2) is 0 Å². The van der Waals surface area contributed by atoms with Crippen LogP contribution < -0.4 is 0 Å². The fourth-order valence-corrected chi connectivity index (χ4v) is 3.22. The molecule has 0 saturated carbocycles. The Labute approximate surface area is 69.6 Å². The number of nitrogens with zero attached hydrogens (tertiary/aromatic N) is 1. The third-order valence-corrected chi connectivity index (χ3v) is 3.29. The molecule has 0 aliphatic carbocycles. The summed E-state index contributed by atoms with van der Waals surface area (Å²) in [6, 6.07) is 0.367. The average Bonchev–Trinajstić information content (AvgIpc) is 1.54. The maximum absolute atomic E-state index is 9.41. The van der Waals surface area contributed by atoms with Crippen LogP contribution in [-0.4, -0.2) is 33.2 Å². The Morgan fingerprint density at radius 3 is 1.27 bits per heavy atom. The molecule has 0 aliphatic rings. The summed E-state index contributed by atoms with van der Waals surface area (Å²) in [5.41, 5.74) is 0. The van der Waals surface area contributed by atoms with E-state index in [-0.39, 0.29) is 12.1 Å². The van der Waals surface area contributed by atoms with Gasteiger partial charge in [-0.3, -0.25) is 0 Å². The summed E-state index contributed by atoms with van der Waals surface area (Å²) in [4.78, 5) is 18.8. The van der Waals surface area contributed by atoms with Crippen molar-refractivity contribution in [2.24, 2.45) is 0 Å². The summed E-state index contributed by atoms with van der Waals surface area (Å²) in [5.74, 6) is 0. The Morgan fingerprint density at radius 1 is 1.00 bits per heavy atom. The van der Waals surface area contributed by atoms with Crippen molar-refractivity contribution in [1.82, 2.24) is 4.67 Å². The molecule has 2 N–H and O–H groups in total. The molecule has 68 valence electrons. The van der Waals surface area contributed by atoms with E-state index >= 15 is 0 Å². The Kier molecular flexibility index (Phi) is 3.92. The number of hydrogen-bond acceptors (Lipinski definition) is 3. The molecular weight excluding hydrogens is 161 g/mol. The molecule has 0 bridgehead atoms. The molecule has 0 aromatic heterocycles. The maximum Gasteiger partial charge on any atom is 0.339 e. The lowest BCUT2D eigenvalue weighted by molar-refractivity contribution is 0.244. The van der Waals surface area contributed by atoms with E-state index in [4.69, 9.17) is 0 Å². The van der Waals surface area contributed by atoms with Crippen molar-refractivity contribution in [1.29, 1.82) is 0 Å². The highest BCUT2D eigenvalue weighted by Crippen LogP contribution is 2.52. The number of rotatable bonds is 3. The molecule has 0 rings (SSSR count). The second-order valence-corrected chi connectivity index (χ2v) is 5.63.